The van der Waals surface area contributed by atoms with Crippen molar-refractivity contribution >= 4 is 17.4 Å². The Balaban J connectivity index is 2.02. The molecule has 0 aromatic heterocycles. The largest absolute Gasteiger partial charge is 0.496 e. The third kappa shape index (κ3) is 4.98. The van der Waals surface area contributed by atoms with E-state index in [1.165, 1.54) is 4.90 Å². The molecule has 0 atom stereocenters. The minimum atomic E-state index is -0.229. The maximum Gasteiger partial charge on any atom is 0.277 e. The van der Waals surface area contributed by atoms with E-state index in [4.69, 9.17) is 4.74 Å². The van der Waals surface area contributed by atoms with E-state index in [-0.39, 0.29) is 11.8 Å². The highest BCUT2D eigenvalue weighted by Gasteiger charge is 2.41. The lowest BCUT2D eigenvalue weighted by Gasteiger charge is -2.25. The second kappa shape index (κ2) is 10.8. The van der Waals surface area contributed by atoms with Crippen LogP contribution in [0, 0.1) is 0 Å². The predicted molar refractivity (Wildman–Crippen MR) is 123 cm³/mol. The Bertz CT molecular complexity index is 937. The average Bonchev–Trinajstić information content (AvgIpc) is 3.05. The number of rotatable bonds is 11. The number of para-hydroxylation sites is 1. The molecule has 0 radical (unpaired) electrons. The van der Waals surface area contributed by atoms with E-state index in [0.29, 0.717) is 42.2 Å². The van der Waals surface area contributed by atoms with Crippen LogP contribution in [-0.4, -0.2) is 41.8 Å². The summed E-state index contributed by atoms with van der Waals surface area (Å²) in [6.07, 6.45) is 4.04. The van der Waals surface area contributed by atoms with Gasteiger partial charge >= 0.3 is 0 Å². The lowest BCUT2D eigenvalue weighted by molar-refractivity contribution is -0.137. The van der Waals surface area contributed by atoms with Crippen LogP contribution in [0.15, 0.2) is 60.3 Å². The molecular weight excluding hydrogens is 388 g/mol. The van der Waals surface area contributed by atoms with E-state index in [1.54, 1.807) is 7.11 Å². The van der Waals surface area contributed by atoms with Gasteiger partial charge in [-0.1, -0.05) is 74.7 Å². The van der Waals surface area contributed by atoms with Crippen molar-refractivity contribution in [1.29, 1.82) is 0 Å². The van der Waals surface area contributed by atoms with E-state index in [9.17, 15) is 9.59 Å². The lowest BCUT2D eigenvalue weighted by Crippen LogP contribution is -2.35. The van der Waals surface area contributed by atoms with Gasteiger partial charge in [0.05, 0.1) is 12.7 Å². The Hall–Kier alpha value is -3.08. The van der Waals surface area contributed by atoms with Crippen LogP contribution in [0.5, 0.6) is 5.75 Å². The summed E-state index contributed by atoms with van der Waals surface area (Å²) in [5.74, 6) is 0.160. The topological polar surface area (TPSA) is 49.9 Å². The fourth-order valence-electron chi connectivity index (χ4n) is 4.00. The molecule has 0 aliphatic carbocycles. The molecule has 1 aliphatic rings. The van der Waals surface area contributed by atoms with Crippen molar-refractivity contribution in [2.45, 2.75) is 46.1 Å². The van der Waals surface area contributed by atoms with Crippen LogP contribution in [-0.2, 0) is 16.1 Å². The monoisotopic (exact) mass is 420 g/mol. The second-order valence-electron chi connectivity index (χ2n) is 7.75. The normalized spacial score (nSPS) is 13.8. The maximum absolute atomic E-state index is 13.5. The molecule has 5 heteroatoms. The van der Waals surface area contributed by atoms with Crippen molar-refractivity contribution in [3.05, 3.63) is 71.4 Å². The van der Waals surface area contributed by atoms with Gasteiger partial charge in [-0.2, -0.15) is 0 Å². The van der Waals surface area contributed by atoms with Crippen LogP contribution in [0.4, 0.5) is 0 Å². The first-order valence-electron chi connectivity index (χ1n) is 11.1. The molecule has 0 fully saturated rings. The molecule has 2 aromatic rings. The fraction of sp³-hybridized carbons (Fsp3) is 0.385. The van der Waals surface area contributed by atoms with Gasteiger partial charge in [0.1, 0.15) is 11.4 Å². The van der Waals surface area contributed by atoms with Crippen LogP contribution in [0.2, 0.25) is 0 Å². The highest BCUT2D eigenvalue weighted by molar-refractivity contribution is 6.36. The van der Waals surface area contributed by atoms with Crippen LogP contribution >= 0.6 is 0 Å². The third-order valence-corrected chi connectivity index (χ3v) is 5.67. The van der Waals surface area contributed by atoms with Gasteiger partial charge in [-0.15, -0.1) is 0 Å². The highest BCUT2D eigenvalue weighted by atomic mass is 16.5. The Kier molecular flexibility index (Phi) is 7.88. The molecule has 0 N–H and O–H groups in total. The maximum atomic E-state index is 13.5. The molecule has 0 bridgehead atoms. The van der Waals surface area contributed by atoms with Crippen molar-refractivity contribution in [1.82, 2.24) is 9.80 Å². The Morgan fingerprint density at radius 1 is 0.871 bits per heavy atom. The first-order chi connectivity index (χ1) is 15.1. The number of benzene rings is 2. The number of unbranched alkanes of at least 4 members (excludes halogenated alkanes) is 3. The minimum Gasteiger partial charge on any atom is -0.496 e. The number of nitrogens with zero attached hydrogens (tertiary/aromatic N) is 2. The second-order valence-corrected chi connectivity index (χ2v) is 7.75. The molecule has 5 nitrogen and oxygen atoms in total. The zero-order valence-corrected chi connectivity index (χ0v) is 18.8. The van der Waals surface area contributed by atoms with Gasteiger partial charge in [-0.25, -0.2) is 0 Å². The van der Waals surface area contributed by atoms with Gasteiger partial charge < -0.3 is 9.64 Å². The molecule has 1 heterocycles. The predicted octanol–water partition coefficient (Wildman–Crippen LogP) is 4.88. The molecule has 2 aromatic carbocycles. The number of imide groups is 1. The van der Waals surface area contributed by atoms with Crippen molar-refractivity contribution in [3.8, 4) is 5.75 Å². The minimum absolute atomic E-state index is 0.208. The number of likely N-dealkylation sites (N-methyl/N-ethyl adjacent to an activating group) is 1. The molecule has 1 aliphatic heterocycles. The summed E-state index contributed by atoms with van der Waals surface area (Å²) in [4.78, 5) is 30.4. The quantitative estimate of drug-likeness (QED) is 0.384. The van der Waals surface area contributed by atoms with Crippen LogP contribution in [0.1, 0.15) is 50.7 Å². The standard InChI is InChI=1S/C26H32N2O3/c1-4-6-7-13-18-28-25(29)23(21-16-11-12-17-22(21)31-3)24(26(28)30)27(5-2)19-20-14-9-8-10-15-20/h8-12,14-17H,4-7,13,18-19H2,1-3H3. The highest BCUT2D eigenvalue weighted by Crippen LogP contribution is 2.36. The molecule has 0 spiro atoms. The van der Waals surface area contributed by atoms with Crippen LogP contribution < -0.4 is 4.74 Å². The molecule has 0 saturated carbocycles. The molecule has 2 amide bonds. The van der Waals surface area contributed by atoms with E-state index in [2.05, 4.69) is 6.92 Å². The SMILES string of the molecule is CCCCCCN1C(=O)C(c2ccccc2OC)=C(N(CC)Cc2ccccc2)C1=O. The number of hydrogen-bond acceptors (Lipinski definition) is 4. The average molecular weight is 421 g/mol. The summed E-state index contributed by atoms with van der Waals surface area (Å²) in [6.45, 7) is 5.79. The summed E-state index contributed by atoms with van der Waals surface area (Å²) in [5, 5.41) is 0. The molecular formula is C26H32N2O3. The molecule has 31 heavy (non-hydrogen) atoms. The Morgan fingerprint density at radius 2 is 1.58 bits per heavy atom. The molecule has 0 saturated heterocycles. The summed E-state index contributed by atoms with van der Waals surface area (Å²) in [6, 6.07) is 17.4. The van der Waals surface area contributed by atoms with Crippen LogP contribution in [0.3, 0.4) is 0 Å². The van der Waals surface area contributed by atoms with Gasteiger partial charge in [0.2, 0.25) is 0 Å². The Morgan fingerprint density at radius 3 is 2.26 bits per heavy atom. The first-order valence-corrected chi connectivity index (χ1v) is 11.1. The van der Waals surface area contributed by atoms with Gasteiger partial charge in [0, 0.05) is 25.2 Å². The number of ether oxygens (including phenoxy) is 1. The third-order valence-electron chi connectivity index (χ3n) is 5.67. The number of amides is 2. The number of hydrogen-bond donors (Lipinski definition) is 0. The number of carbonyl (C=O) groups is 2. The summed E-state index contributed by atoms with van der Waals surface area (Å²) in [5.41, 5.74) is 2.67. The van der Waals surface area contributed by atoms with Crippen molar-refractivity contribution in [3.63, 3.8) is 0 Å². The lowest BCUT2D eigenvalue weighted by atomic mass is 10.0. The van der Waals surface area contributed by atoms with E-state index >= 15 is 0 Å². The van der Waals surface area contributed by atoms with Crippen molar-refractivity contribution in [2.75, 3.05) is 20.2 Å². The smallest absolute Gasteiger partial charge is 0.277 e. The molecule has 3 rings (SSSR count). The summed E-state index contributed by atoms with van der Waals surface area (Å²) in [7, 11) is 1.59. The van der Waals surface area contributed by atoms with Crippen molar-refractivity contribution in [2.24, 2.45) is 0 Å². The van der Waals surface area contributed by atoms with E-state index in [1.807, 2.05) is 66.4 Å². The zero-order chi connectivity index (χ0) is 22.2. The van der Waals surface area contributed by atoms with E-state index < -0.39 is 0 Å². The van der Waals surface area contributed by atoms with Gasteiger partial charge in [0.25, 0.3) is 11.8 Å². The Labute approximate surface area is 185 Å². The van der Waals surface area contributed by atoms with Crippen molar-refractivity contribution < 1.29 is 14.3 Å². The zero-order valence-electron chi connectivity index (χ0n) is 18.8. The number of methoxy groups -OCH3 is 1. The molecule has 164 valence electrons. The van der Waals surface area contributed by atoms with Gasteiger partial charge in [-0.05, 0) is 25.0 Å². The van der Waals surface area contributed by atoms with Crippen LogP contribution in [0.25, 0.3) is 5.57 Å². The van der Waals surface area contributed by atoms with Gasteiger partial charge in [0.15, 0.2) is 0 Å². The number of carbonyl (C=O) groups excluding carboxylic acids is 2. The summed E-state index contributed by atoms with van der Waals surface area (Å²) >= 11 is 0. The first kappa shape index (κ1) is 22.6. The summed E-state index contributed by atoms with van der Waals surface area (Å²) < 4.78 is 5.53. The van der Waals surface area contributed by atoms with E-state index in [0.717, 1.165) is 31.2 Å². The molecule has 0 unspecified atom stereocenters. The van der Waals surface area contributed by atoms with Gasteiger partial charge in [-0.3, -0.25) is 14.5 Å². The fourth-order valence-corrected chi connectivity index (χ4v) is 4.00.